The number of carboxylic acids is 1. The number of nitrogens with zero attached hydrogens (tertiary/aromatic N) is 1. The molecule has 71 heavy (non-hydrogen) atoms. The Balaban J connectivity index is 0.00000208. The Kier molecular flexibility index (Phi) is 26.7. The number of cyclic esters (lactones) is 1. The molecule has 402 valence electrons. The molecule has 0 aromatic rings. The van der Waals surface area contributed by atoms with Crippen molar-refractivity contribution >= 4 is 80.4 Å². The van der Waals surface area contributed by atoms with E-state index in [1.807, 2.05) is 103 Å². The van der Waals surface area contributed by atoms with E-state index in [4.69, 9.17) is 28.8 Å². The molecule has 2 saturated heterocycles. The highest BCUT2D eigenvalue weighted by Gasteiger charge is 2.53. The van der Waals surface area contributed by atoms with Gasteiger partial charge in [0.25, 0.3) is 11.7 Å². The largest absolute Gasteiger partial charge is 0.480 e. The predicted molar refractivity (Wildman–Crippen MR) is 285 cm³/mol. The van der Waals surface area contributed by atoms with Gasteiger partial charge in [-0.2, -0.15) is 0 Å². The molecule has 0 aromatic heterocycles. The summed E-state index contributed by atoms with van der Waals surface area (Å²) in [6.45, 7) is 12.7. The van der Waals surface area contributed by atoms with Crippen LogP contribution in [0.25, 0.3) is 0 Å². The van der Waals surface area contributed by atoms with Gasteiger partial charge in [0.05, 0.1) is 24.4 Å². The van der Waals surface area contributed by atoms with Crippen molar-refractivity contribution in [3.8, 4) is 0 Å². The van der Waals surface area contributed by atoms with Gasteiger partial charge in [0.15, 0.2) is 7.71 Å². The van der Waals surface area contributed by atoms with Crippen LogP contribution in [0.2, 0.25) is 0 Å². The number of Topliss-reactive ketones (excluding diaryl/α,β-unsaturated/α-hetero) is 3. The molecule has 1 saturated carbocycles. The second-order valence-electron chi connectivity index (χ2n) is 20.2. The number of alkyl halides is 2. The molecular weight excluding hydrogens is 1140 g/mol. The molecule has 3 heterocycles. The Morgan fingerprint density at radius 1 is 0.873 bits per heavy atom. The zero-order valence-corrected chi connectivity index (χ0v) is 47.6. The molecule has 1 amide bonds. The maximum absolute atomic E-state index is 14.4. The molecule has 16 nitrogen and oxygen atoms in total. The van der Waals surface area contributed by atoms with Crippen molar-refractivity contribution in [3.63, 3.8) is 0 Å². The number of hydrogen-bond donors (Lipinski definition) is 4. The number of amides is 1. The minimum Gasteiger partial charge on any atom is -0.480 e. The monoisotopic (exact) mass is 1230 g/mol. The maximum atomic E-state index is 14.4. The lowest BCUT2D eigenvalue weighted by atomic mass is 9.78. The van der Waals surface area contributed by atoms with Gasteiger partial charge in [0.1, 0.15) is 30.1 Å². The zero-order valence-electron chi connectivity index (χ0n) is 43.3. The number of carbonyl (C=O) groups is 6. The summed E-state index contributed by atoms with van der Waals surface area (Å²) in [5, 5.41) is 41.8. The molecule has 18 heteroatoms. The summed E-state index contributed by atoms with van der Waals surface area (Å²) in [7, 11) is 4.52. The van der Waals surface area contributed by atoms with Gasteiger partial charge >= 0.3 is 11.9 Å². The van der Waals surface area contributed by atoms with Crippen molar-refractivity contribution in [1.29, 1.82) is 0 Å². The Labute approximate surface area is 448 Å². The first-order valence-electron chi connectivity index (χ1n) is 25.1. The van der Waals surface area contributed by atoms with E-state index in [-0.39, 0.29) is 56.7 Å². The third-order valence-electron chi connectivity index (χ3n) is 14.7. The molecule has 0 unspecified atom stereocenters. The Morgan fingerprint density at radius 3 is 2.17 bits per heavy atom. The van der Waals surface area contributed by atoms with Crippen molar-refractivity contribution in [1.82, 2.24) is 4.90 Å². The van der Waals surface area contributed by atoms with Crippen LogP contribution in [-0.2, 0) is 52.5 Å². The number of esters is 1. The average molecular weight is 1230 g/mol. The lowest BCUT2D eigenvalue weighted by molar-refractivity contribution is -0.265. The summed E-state index contributed by atoms with van der Waals surface area (Å²) >= 11 is 3.64. The van der Waals surface area contributed by atoms with Crippen molar-refractivity contribution in [3.05, 3.63) is 47.6 Å². The quantitative estimate of drug-likeness (QED) is 0.0638. The lowest BCUT2D eigenvalue weighted by Gasteiger charge is -2.42. The fraction of sp³-hybridized carbons (Fsp3) is 0.736. The van der Waals surface area contributed by atoms with E-state index >= 15 is 0 Å². The summed E-state index contributed by atoms with van der Waals surface area (Å²) in [6, 6.07) is -1.14. The highest BCUT2D eigenvalue weighted by Crippen LogP contribution is 2.38. The standard InChI is InChI=1S/C51H79NO13.C2H2I2O2/c1-30-16-12-11-13-17-31(2)42(61-8)28-38-21-19-36(7)51(60,65-38)48(57)49(58)52-23-15-14-18-39(52)50(59)64-43(33(4)26-37-20-22-40(53)44(27-37)62-9)29-41(54)32(3)25-35(6)46(56)47(63-10)45(55)34(5)24-30;3-1(4)2(5)6/h11-13,16-17,25,30,32-34,36-40,42-44,46-47,53,56,60H,14-15,18-24,26-29H2,1-10H3;1H,(H,5,6)/b13-11+,16-12+,31-17+,35-25+;/t30-,32-,33-,34-,36-,37+,38+,39+,40-,42+,43+,44-,46-,47+,51-;/m1./s1. The molecule has 4 rings (SSSR count). The number of aliphatic carboxylic acids is 1. The number of piperidine rings is 1. The van der Waals surface area contributed by atoms with Crippen LogP contribution >= 0.6 is 45.2 Å². The van der Waals surface area contributed by atoms with E-state index in [0.717, 1.165) is 12.0 Å². The minimum absolute atomic E-state index is 0.0193. The van der Waals surface area contributed by atoms with Gasteiger partial charge < -0.3 is 49.0 Å². The number of rotatable bonds is 7. The highest BCUT2D eigenvalue weighted by molar-refractivity contribution is 14.2. The number of hydrogen-bond acceptors (Lipinski definition) is 14. The molecule has 3 fully saturated rings. The first kappa shape index (κ1) is 62.9. The Bertz CT molecular complexity index is 1920. The highest BCUT2D eigenvalue weighted by atomic mass is 127. The van der Waals surface area contributed by atoms with Gasteiger partial charge in [-0.25, -0.2) is 4.79 Å². The Hall–Kier alpha value is -2.44. The van der Waals surface area contributed by atoms with E-state index < -0.39 is 89.8 Å². The number of ketones is 3. The summed E-state index contributed by atoms with van der Waals surface area (Å²) in [5.41, 5.74) is 1.27. The first-order chi connectivity index (χ1) is 33.4. The van der Waals surface area contributed by atoms with Crippen LogP contribution in [0, 0.1) is 35.5 Å². The third kappa shape index (κ3) is 18.4. The fourth-order valence-corrected chi connectivity index (χ4v) is 10.1. The fourth-order valence-electron chi connectivity index (χ4n) is 10.1. The van der Waals surface area contributed by atoms with Crippen molar-refractivity contribution in [2.45, 2.75) is 182 Å². The second kappa shape index (κ2) is 30.2. The van der Waals surface area contributed by atoms with E-state index in [9.17, 15) is 44.1 Å². The van der Waals surface area contributed by atoms with E-state index in [1.165, 1.54) is 12.0 Å². The molecule has 4 N–H and O–H groups in total. The lowest BCUT2D eigenvalue weighted by Crippen LogP contribution is -2.61. The van der Waals surface area contributed by atoms with Crippen LogP contribution in [0.5, 0.6) is 0 Å². The van der Waals surface area contributed by atoms with E-state index in [1.54, 1.807) is 41.1 Å². The van der Waals surface area contributed by atoms with E-state index in [0.29, 0.717) is 63.4 Å². The Morgan fingerprint density at radius 2 is 1.55 bits per heavy atom. The number of carboxylic acid groups (broad SMARTS) is 1. The molecule has 0 radical (unpaired) electrons. The number of halogens is 2. The van der Waals surface area contributed by atoms with Crippen LogP contribution in [0.1, 0.15) is 126 Å². The second-order valence-corrected chi connectivity index (χ2v) is 25.1. The predicted octanol–water partition coefficient (Wildman–Crippen LogP) is 7.45. The smallest absolute Gasteiger partial charge is 0.329 e. The van der Waals surface area contributed by atoms with Crippen LogP contribution in [0.3, 0.4) is 0 Å². The zero-order chi connectivity index (χ0) is 53.3. The summed E-state index contributed by atoms with van der Waals surface area (Å²) in [4.78, 5) is 81.5. The molecule has 4 aliphatic rings. The number of ether oxygens (including phenoxy) is 5. The van der Waals surface area contributed by atoms with Crippen LogP contribution < -0.4 is 0 Å². The number of aliphatic hydroxyl groups excluding tert-OH is 2. The molecular formula is C53H81I2NO15. The SMILES string of the molecule is CO[C@H]1C[C@@H]2CC[C@@H](C)[C@@](O)(O2)C(=O)C(=O)N2CCCC[C@H]2C(=O)O[C@H]([C@H](C)C[C@@H]2CC[C@@H](O)[C@H](OC)C2)CC(=O)[C@H](C)/C=C(\C)[C@@H](O)[C@@H](OC)C(=O)[C@H](C)C[C@H](C)/C=C/C=C/C=C/1C.O=C(O)C(I)I. The molecule has 2 bridgehead atoms. The number of aliphatic hydroxyl groups is 3. The number of fused-ring (bicyclic) bond motifs is 3. The van der Waals surface area contributed by atoms with Crippen molar-refractivity contribution < 1.29 is 72.9 Å². The third-order valence-corrected chi connectivity index (χ3v) is 15.7. The minimum atomic E-state index is -2.43. The van der Waals surface area contributed by atoms with Gasteiger partial charge in [-0.15, -0.1) is 0 Å². The summed E-state index contributed by atoms with van der Waals surface area (Å²) < 4.78 is 29.1. The van der Waals surface area contributed by atoms with Gasteiger partial charge in [0, 0.05) is 58.5 Å². The van der Waals surface area contributed by atoms with Gasteiger partial charge in [-0.05, 0) is 107 Å². The molecule has 3 aliphatic heterocycles. The van der Waals surface area contributed by atoms with Crippen LogP contribution in [0.15, 0.2) is 47.6 Å². The number of allylic oxidation sites excluding steroid dienone is 6. The summed E-state index contributed by atoms with van der Waals surface area (Å²) in [6.07, 6.45) is 11.2. The van der Waals surface area contributed by atoms with Crippen LogP contribution in [0.4, 0.5) is 0 Å². The molecule has 1 aliphatic carbocycles. The summed E-state index contributed by atoms with van der Waals surface area (Å²) in [5.74, 6) is -8.73. The van der Waals surface area contributed by atoms with Gasteiger partial charge in [0.2, 0.25) is 5.79 Å². The van der Waals surface area contributed by atoms with Gasteiger partial charge in [-0.3, -0.25) is 24.0 Å². The van der Waals surface area contributed by atoms with Crippen molar-refractivity contribution in [2.75, 3.05) is 27.9 Å². The number of methoxy groups -OCH3 is 3. The molecule has 0 spiro atoms. The van der Waals surface area contributed by atoms with Crippen molar-refractivity contribution in [2.24, 2.45) is 35.5 Å². The molecule has 0 aromatic carbocycles. The normalized spacial score (nSPS) is 37.8. The van der Waals surface area contributed by atoms with Crippen LogP contribution in [-0.4, -0.2) is 145 Å². The number of carbonyl (C=O) groups excluding carboxylic acids is 5. The van der Waals surface area contributed by atoms with E-state index in [2.05, 4.69) is 0 Å². The average Bonchev–Trinajstić information content (AvgIpc) is 3.33. The van der Waals surface area contributed by atoms with Gasteiger partial charge in [-0.1, -0.05) is 116 Å². The molecule has 15 atom stereocenters. The maximum Gasteiger partial charge on any atom is 0.329 e. The topological polar surface area (TPSA) is 233 Å². The first-order valence-corrected chi connectivity index (χ1v) is 27.6.